The minimum atomic E-state index is 0.196. The van der Waals surface area contributed by atoms with Crippen LogP contribution in [-0.2, 0) is 11.2 Å². The van der Waals surface area contributed by atoms with Crippen LogP contribution in [0.4, 0.5) is 5.69 Å². The molecule has 124 valence electrons. The van der Waals surface area contributed by atoms with Gasteiger partial charge in [0.15, 0.2) is 0 Å². The third-order valence-electron chi connectivity index (χ3n) is 4.92. The highest BCUT2D eigenvalue weighted by Gasteiger charge is 2.35. The lowest BCUT2D eigenvalue weighted by Crippen LogP contribution is -2.53. The monoisotopic (exact) mass is 322 g/mol. The van der Waals surface area contributed by atoms with Crippen LogP contribution in [0.15, 0.2) is 54.6 Å². The number of para-hydroxylation sites is 2. The van der Waals surface area contributed by atoms with Crippen molar-refractivity contribution < 1.29 is 9.53 Å². The van der Waals surface area contributed by atoms with Gasteiger partial charge in [-0.3, -0.25) is 4.79 Å². The van der Waals surface area contributed by atoms with Gasteiger partial charge < -0.3 is 14.5 Å². The second kappa shape index (κ2) is 6.56. The van der Waals surface area contributed by atoms with Gasteiger partial charge in [0, 0.05) is 25.3 Å². The Kier molecular flexibility index (Phi) is 4.11. The summed E-state index contributed by atoms with van der Waals surface area (Å²) in [6, 6.07) is 18.7. The second-order valence-electron chi connectivity index (χ2n) is 6.43. The Hall–Kier alpha value is -2.49. The van der Waals surface area contributed by atoms with Crippen LogP contribution in [0.25, 0.3) is 0 Å². The molecule has 0 aromatic heterocycles. The maximum atomic E-state index is 12.5. The zero-order valence-corrected chi connectivity index (χ0v) is 13.7. The normalized spacial score (nSPS) is 18.9. The molecule has 4 nitrogen and oxygen atoms in total. The molecule has 2 aliphatic heterocycles. The predicted molar refractivity (Wildman–Crippen MR) is 94.4 cm³/mol. The van der Waals surface area contributed by atoms with Crippen LogP contribution in [0.5, 0.6) is 5.75 Å². The Morgan fingerprint density at radius 1 is 1.04 bits per heavy atom. The van der Waals surface area contributed by atoms with Gasteiger partial charge in [-0.05, 0) is 30.2 Å². The van der Waals surface area contributed by atoms with E-state index in [1.165, 1.54) is 11.3 Å². The Bertz CT molecular complexity index is 717. The molecular formula is C20H22N2O2. The molecule has 2 heterocycles. The molecule has 0 bridgehead atoms. The third kappa shape index (κ3) is 2.96. The number of nitrogens with zero attached hydrogens (tertiary/aromatic N) is 2. The smallest absolute Gasteiger partial charge is 0.226 e. The molecule has 0 radical (unpaired) electrons. The van der Waals surface area contributed by atoms with E-state index in [0.29, 0.717) is 19.1 Å². The summed E-state index contributed by atoms with van der Waals surface area (Å²) >= 11 is 0. The van der Waals surface area contributed by atoms with Gasteiger partial charge in [-0.15, -0.1) is 0 Å². The lowest BCUT2D eigenvalue weighted by atomic mass is 10.1. The highest BCUT2D eigenvalue weighted by Crippen LogP contribution is 2.33. The first-order chi connectivity index (χ1) is 11.8. The summed E-state index contributed by atoms with van der Waals surface area (Å²) in [5.74, 6) is 1.02. The van der Waals surface area contributed by atoms with E-state index >= 15 is 0 Å². The lowest BCUT2D eigenvalue weighted by molar-refractivity contribution is -0.132. The molecule has 0 N–H and O–H groups in total. The van der Waals surface area contributed by atoms with E-state index < -0.39 is 0 Å². The van der Waals surface area contributed by atoms with Crippen molar-refractivity contribution in [3.63, 3.8) is 0 Å². The van der Waals surface area contributed by atoms with Crippen molar-refractivity contribution in [3.05, 3.63) is 60.2 Å². The summed E-state index contributed by atoms with van der Waals surface area (Å²) < 4.78 is 5.65. The van der Waals surface area contributed by atoms with Crippen LogP contribution in [0, 0.1) is 0 Å². The van der Waals surface area contributed by atoms with E-state index in [-0.39, 0.29) is 5.91 Å². The molecule has 1 saturated heterocycles. The summed E-state index contributed by atoms with van der Waals surface area (Å²) in [4.78, 5) is 16.9. The van der Waals surface area contributed by atoms with E-state index in [1.807, 2.05) is 35.2 Å². The Labute approximate surface area is 142 Å². The number of hydrogen-bond acceptors (Lipinski definition) is 3. The van der Waals surface area contributed by atoms with Gasteiger partial charge in [-0.1, -0.05) is 36.4 Å². The maximum absolute atomic E-state index is 12.5. The van der Waals surface area contributed by atoms with Crippen LogP contribution >= 0.6 is 0 Å². The molecule has 0 aliphatic carbocycles. The highest BCUT2D eigenvalue weighted by molar-refractivity contribution is 5.77. The largest absolute Gasteiger partial charge is 0.493 e. The molecule has 1 amide bonds. The van der Waals surface area contributed by atoms with Crippen LogP contribution in [-0.4, -0.2) is 43.1 Å². The van der Waals surface area contributed by atoms with Crippen molar-refractivity contribution in [1.29, 1.82) is 0 Å². The van der Waals surface area contributed by atoms with Crippen molar-refractivity contribution >= 4 is 11.6 Å². The number of hydrogen-bond donors (Lipinski definition) is 0. The number of ether oxygens (including phenoxy) is 1. The van der Waals surface area contributed by atoms with Gasteiger partial charge in [-0.2, -0.15) is 0 Å². The molecule has 2 aromatic carbocycles. The molecule has 2 aromatic rings. The number of fused-ring (bicyclic) bond motifs is 3. The Balaban J connectivity index is 1.30. The predicted octanol–water partition coefficient (Wildman–Crippen LogP) is 2.73. The SMILES string of the molecule is O=C(CCOc1ccccc1)N1CCN2c3ccccc3CC2C1. The van der Waals surface area contributed by atoms with Crippen LogP contribution < -0.4 is 9.64 Å². The van der Waals surface area contributed by atoms with Crippen molar-refractivity contribution in [2.75, 3.05) is 31.1 Å². The molecule has 2 aliphatic rings. The summed E-state index contributed by atoms with van der Waals surface area (Å²) in [5, 5.41) is 0. The second-order valence-corrected chi connectivity index (χ2v) is 6.43. The van der Waals surface area contributed by atoms with E-state index in [0.717, 1.165) is 31.8 Å². The van der Waals surface area contributed by atoms with Crippen LogP contribution in [0.2, 0.25) is 0 Å². The first kappa shape index (κ1) is 15.1. The number of benzene rings is 2. The molecule has 1 fully saturated rings. The minimum Gasteiger partial charge on any atom is -0.493 e. The van der Waals surface area contributed by atoms with Gasteiger partial charge in [0.1, 0.15) is 5.75 Å². The van der Waals surface area contributed by atoms with Gasteiger partial charge in [0.05, 0.1) is 19.1 Å². The van der Waals surface area contributed by atoms with E-state index in [4.69, 9.17) is 4.74 Å². The third-order valence-corrected chi connectivity index (χ3v) is 4.92. The summed E-state index contributed by atoms with van der Waals surface area (Å²) in [7, 11) is 0. The fourth-order valence-electron chi connectivity index (χ4n) is 3.72. The Morgan fingerprint density at radius 3 is 2.71 bits per heavy atom. The topological polar surface area (TPSA) is 32.8 Å². The number of carbonyl (C=O) groups is 1. The van der Waals surface area contributed by atoms with Crippen molar-refractivity contribution in [2.45, 2.75) is 18.9 Å². The average molecular weight is 322 g/mol. The molecular weight excluding hydrogens is 300 g/mol. The number of piperazine rings is 1. The molecule has 0 spiro atoms. The van der Waals surface area contributed by atoms with Gasteiger partial charge in [0.2, 0.25) is 5.91 Å². The summed E-state index contributed by atoms with van der Waals surface area (Å²) in [6.45, 7) is 2.98. The van der Waals surface area contributed by atoms with Gasteiger partial charge >= 0.3 is 0 Å². The van der Waals surface area contributed by atoms with Gasteiger partial charge in [0.25, 0.3) is 0 Å². The maximum Gasteiger partial charge on any atom is 0.226 e. The number of rotatable bonds is 4. The first-order valence-corrected chi connectivity index (χ1v) is 8.61. The average Bonchev–Trinajstić information content (AvgIpc) is 3.00. The summed E-state index contributed by atoms with van der Waals surface area (Å²) in [6.07, 6.45) is 1.48. The van der Waals surface area contributed by atoms with E-state index in [1.54, 1.807) is 0 Å². The number of carbonyl (C=O) groups excluding carboxylic acids is 1. The molecule has 1 atom stereocenters. The fraction of sp³-hybridized carbons (Fsp3) is 0.350. The standard InChI is InChI=1S/C20H22N2O2/c23-20(10-13-24-18-7-2-1-3-8-18)21-11-12-22-17(15-21)14-16-6-4-5-9-19(16)22/h1-9,17H,10-15H2. The van der Waals surface area contributed by atoms with E-state index in [9.17, 15) is 4.79 Å². The quantitative estimate of drug-likeness (QED) is 0.868. The van der Waals surface area contributed by atoms with Crippen molar-refractivity contribution in [3.8, 4) is 5.75 Å². The molecule has 4 heteroatoms. The summed E-state index contributed by atoms with van der Waals surface area (Å²) in [5.41, 5.74) is 2.76. The molecule has 4 rings (SSSR count). The minimum absolute atomic E-state index is 0.196. The fourth-order valence-corrected chi connectivity index (χ4v) is 3.72. The molecule has 1 unspecified atom stereocenters. The molecule has 24 heavy (non-hydrogen) atoms. The first-order valence-electron chi connectivity index (χ1n) is 8.61. The van der Waals surface area contributed by atoms with Crippen LogP contribution in [0.3, 0.4) is 0 Å². The van der Waals surface area contributed by atoms with Crippen LogP contribution in [0.1, 0.15) is 12.0 Å². The molecule has 0 saturated carbocycles. The highest BCUT2D eigenvalue weighted by atomic mass is 16.5. The Morgan fingerprint density at radius 2 is 1.83 bits per heavy atom. The van der Waals surface area contributed by atoms with Crippen molar-refractivity contribution in [1.82, 2.24) is 4.90 Å². The van der Waals surface area contributed by atoms with Crippen molar-refractivity contribution in [2.24, 2.45) is 0 Å². The lowest BCUT2D eigenvalue weighted by Gasteiger charge is -2.39. The number of anilines is 1. The van der Waals surface area contributed by atoms with E-state index in [2.05, 4.69) is 29.2 Å². The van der Waals surface area contributed by atoms with Gasteiger partial charge in [-0.25, -0.2) is 0 Å². The zero-order valence-electron chi connectivity index (χ0n) is 13.7. The number of amides is 1. The zero-order chi connectivity index (χ0) is 16.4.